The highest BCUT2D eigenvalue weighted by atomic mass is 16.5. The summed E-state index contributed by atoms with van der Waals surface area (Å²) in [5.74, 6) is 4.24. The van der Waals surface area contributed by atoms with Crippen LogP contribution in [0.3, 0.4) is 0 Å². The molecule has 2 aliphatic carbocycles. The van der Waals surface area contributed by atoms with Crippen molar-refractivity contribution in [1.29, 1.82) is 0 Å². The Hall–Kier alpha value is -7.17. The van der Waals surface area contributed by atoms with Crippen molar-refractivity contribution in [3.8, 4) is 67.9 Å². The molecule has 0 radical (unpaired) electrons. The molecule has 0 bridgehead atoms. The summed E-state index contributed by atoms with van der Waals surface area (Å²) >= 11 is 0. The number of fused-ring (bicyclic) bond motifs is 9. The Bertz CT molecular complexity index is 2840. The molecule has 3 atom stereocenters. The molecule has 3 unspecified atom stereocenters. The third-order valence-electron chi connectivity index (χ3n) is 11.7. The van der Waals surface area contributed by atoms with Gasteiger partial charge in [0.05, 0.1) is 5.41 Å². The molecule has 0 N–H and O–H groups in total. The second kappa shape index (κ2) is 13.0. The van der Waals surface area contributed by atoms with Crippen molar-refractivity contribution in [3.63, 3.8) is 0 Å². The maximum atomic E-state index is 6.69. The van der Waals surface area contributed by atoms with Crippen LogP contribution in [0.5, 0.6) is 11.5 Å². The molecule has 0 amide bonds. The van der Waals surface area contributed by atoms with Crippen LogP contribution in [-0.4, -0.2) is 15.0 Å². The van der Waals surface area contributed by atoms with Crippen LogP contribution in [0.1, 0.15) is 28.2 Å². The average Bonchev–Trinajstić information content (AvgIpc) is 3.57. The van der Waals surface area contributed by atoms with E-state index in [1.165, 1.54) is 22.3 Å². The minimum Gasteiger partial charge on any atom is -0.457 e. The van der Waals surface area contributed by atoms with Gasteiger partial charge in [-0.3, -0.25) is 0 Å². The number of nitrogens with zero attached hydrogens (tertiary/aromatic N) is 3. The average molecular weight is 718 g/mol. The lowest BCUT2D eigenvalue weighted by atomic mass is 9.61. The van der Waals surface area contributed by atoms with Gasteiger partial charge >= 0.3 is 0 Å². The van der Waals surface area contributed by atoms with Crippen molar-refractivity contribution in [2.75, 3.05) is 0 Å². The minimum absolute atomic E-state index is 0.218. The van der Waals surface area contributed by atoms with Gasteiger partial charge in [-0.25, -0.2) is 15.0 Å². The second-order valence-corrected chi connectivity index (χ2v) is 14.7. The zero-order chi connectivity index (χ0) is 37.1. The molecular weight excluding hydrogens is 683 g/mol. The van der Waals surface area contributed by atoms with Gasteiger partial charge in [-0.05, 0) is 51.6 Å². The highest BCUT2D eigenvalue weighted by Crippen LogP contribution is 2.64. The van der Waals surface area contributed by atoms with E-state index < -0.39 is 5.41 Å². The molecule has 1 aromatic heterocycles. The van der Waals surface area contributed by atoms with Crippen molar-refractivity contribution < 1.29 is 4.74 Å². The van der Waals surface area contributed by atoms with Gasteiger partial charge in [-0.1, -0.05) is 182 Å². The summed E-state index contributed by atoms with van der Waals surface area (Å²) in [5.41, 5.74) is 12.0. The lowest BCUT2D eigenvalue weighted by Gasteiger charge is -2.43. The number of benzene rings is 7. The molecule has 8 aromatic rings. The van der Waals surface area contributed by atoms with E-state index in [1.54, 1.807) is 0 Å². The molecule has 1 spiro atoms. The number of hydrogen-bond acceptors (Lipinski definition) is 4. The van der Waals surface area contributed by atoms with Crippen LogP contribution < -0.4 is 4.74 Å². The first-order valence-electron chi connectivity index (χ1n) is 19.2. The molecule has 3 aliphatic rings. The van der Waals surface area contributed by atoms with Crippen LogP contribution in [0.15, 0.2) is 200 Å². The number of rotatable bonds is 5. The van der Waals surface area contributed by atoms with Crippen LogP contribution in [-0.2, 0) is 5.41 Å². The van der Waals surface area contributed by atoms with Gasteiger partial charge in [0, 0.05) is 39.7 Å². The fraction of sp³-hybridized carbons (Fsp3) is 0.0577. The molecule has 7 aromatic carbocycles. The minimum atomic E-state index is -0.395. The van der Waals surface area contributed by atoms with E-state index in [4.69, 9.17) is 19.7 Å². The SMILES string of the molecule is C1=CC2c3ccccc3C3(c4ccccc4Oc4ccc(-c5ccc(-c6nc(-c7ccccc7)nc(-c7ccccc7-c7ccccc7)n6)cc5)cc43)C2C=C1. The van der Waals surface area contributed by atoms with E-state index >= 15 is 0 Å². The first-order chi connectivity index (χ1) is 27.8. The molecule has 0 saturated heterocycles. The van der Waals surface area contributed by atoms with Crippen LogP contribution in [0.25, 0.3) is 56.4 Å². The largest absolute Gasteiger partial charge is 0.457 e. The van der Waals surface area contributed by atoms with Gasteiger partial charge in [-0.15, -0.1) is 0 Å². The summed E-state index contributed by atoms with van der Waals surface area (Å²) in [6.45, 7) is 0. The first-order valence-corrected chi connectivity index (χ1v) is 19.2. The zero-order valence-corrected chi connectivity index (χ0v) is 30.5. The summed E-state index contributed by atoms with van der Waals surface area (Å²) in [7, 11) is 0. The number of para-hydroxylation sites is 1. The van der Waals surface area contributed by atoms with Gasteiger partial charge in [0.15, 0.2) is 17.5 Å². The fourth-order valence-electron chi connectivity index (χ4n) is 9.25. The highest BCUT2D eigenvalue weighted by Gasteiger charge is 2.56. The predicted molar refractivity (Wildman–Crippen MR) is 224 cm³/mol. The Morgan fingerprint density at radius 2 is 0.946 bits per heavy atom. The van der Waals surface area contributed by atoms with Gasteiger partial charge in [0.2, 0.25) is 0 Å². The molecule has 4 heteroatoms. The fourth-order valence-corrected chi connectivity index (χ4v) is 9.25. The Kier molecular flexibility index (Phi) is 7.49. The molecule has 56 heavy (non-hydrogen) atoms. The van der Waals surface area contributed by atoms with Crippen LogP contribution >= 0.6 is 0 Å². The number of allylic oxidation sites excluding steroid dienone is 4. The highest BCUT2D eigenvalue weighted by molar-refractivity contribution is 5.82. The zero-order valence-electron chi connectivity index (χ0n) is 30.5. The van der Waals surface area contributed by atoms with E-state index in [0.29, 0.717) is 17.5 Å². The summed E-state index contributed by atoms with van der Waals surface area (Å²) in [6, 6.07) is 61.8. The number of hydrogen-bond donors (Lipinski definition) is 0. The maximum absolute atomic E-state index is 6.69. The molecule has 11 rings (SSSR count). The molecular formula is C52H35N3O. The number of aromatic nitrogens is 3. The third-order valence-corrected chi connectivity index (χ3v) is 11.7. The van der Waals surface area contributed by atoms with Crippen molar-refractivity contribution in [2.45, 2.75) is 11.3 Å². The van der Waals surface area contributed by atoms with E-state index in [-0.39, 0.29) is 11.8 Å². The maximum Gasteiger partial charge on any atom is 0.164 e. The van der Waals surface area contributed by atoms with Crippen molar-refractivity contribution in [1.82, 2.24) is 15.0 Å². The van der Waals surface area contributed by atoms with Crippen molar-refractivity contribution in [3.05, 3.63) is 222 Å². The molecule has 0 saturated carbocycles. The van der Waals surface area contributed by atoms with Crippen LogP contribution in [0.2, 0.25) is 0 Å². The molecule has 4 nitrogen and oxygen atoms in total. The lowest BCUT2D eigenvalue weighted by molar-refractivity contribution is 0.374. The third kappa shape index (κ3) is 5.03. The standard InChI is InChI=1S/C52H35N3O/c1-3-15-35(16-4-1)39-19-7-8-22-42(39)51-54-49(36-17-5-2-6-18-36)53-50(55-51)37-29-27-34(28-30-37)38-31-32-48-46(33-38)52(45-25-13-14-26-47(45)56-48)43-23-11-9-20-40(43)41-21-10-12-24-44(41)52/h1-33,40,43H. The van der Waals surface area contributed by atoms with E-state index in [9.17, 15) is 0 Å². The molecule has 264 valence electrons. The second-order valence-electron chi connectivity index (χ2n) is 14.7. The topological polar surface area (TPSA) is 47.9 Å². The van der Waals surface area contributed by atoms with E-state index in [1.807, 2.05) is 42.5 Å². The molecule has 1 aliphatic heterocycles. The van der Waals surface area contributed by atoms with Gasteiger partial charge in [-0.2, -0.15) is 0 Å². The van der Waals surface area contributed by atoms with Crippen molar-refractivity contribution >= 4 is 0 Å². The van der Waals surface area contributed by atoms with Gasteiger partial charge < -0.3 is 4.74 Å². The smallest absolute Gasteiger partial charge is 0.164 e. The quantitative estimate of drug-likeness (QED) is 0.178. The van der Waals surface area contributed by atoms with Gasteiger partial charge in [0.1, 0.15) is 11.5 Å². The summed E-state index contributed by atoms with van der Waals surface area (Å²) in [5, 5.41) is 0. The lowest BCUT2D eigenvalue weighted by Crippen LogP contribution is -2.37. The van der Waals surface area contributed by atoms with E-state index in [2.05, 4.69) is 158 Å². The van der Waals surface area contributed by atoms with Crippen molar-refractivity contribution in [2.24, 2.45) is 5.92 Å². The Labute approximate surface area is 326 Å². The summed E-state index contributed by atoms with van der Waals surface area (Å²) in [6.07, 6.45) is 9.18. The summed E-state index contributed by atoms with van der Waals surface area (Å²) < 4.78 is 6.69. The number of ether oxygens (including phenoxy) is 1. The van der Waals surface area contributed by atoms with Crippen LogP contribution in [0.4, 0.5) is 0 Å². The summed E-state index contributed by atoms with van der Waals surface area (Å²) in [4.78, 5) is 15.2. The Morgan fingerprint density at radius 1 is 0.393 bits per heavy atom. The Morgan fingerprint density at radius 3 is 1.73 bits per heavy atom. The monoisotopic (exact) mass is 717 g/mol. The molecule has 2 heterocycles. The van der Waals surface area contributed by atoms with E-state index in [0.717, 1.165) is 50.4 Å². The predicted octanol–water partition coefficient (Wildman–Crippen LogP) is 12.5. The van der Waals surface area contributed by atoms with Crippen LogP contribution in [0, 0.1) is 5.92 Å². The first kappa shape index (κ1) is 32.3. The Balaban J connectivity index is 1.03. The van der Waals surface area contributed by atoms with Gasteiger partial charge in [0.25, 0.3) is 0 Å². The molecule has 0 fully saturated rings. The normalized spacial score (nSPS) is 18.4.